The highest BCUT2D eigenvalue weighted by Gasteiger charge is 2.31. The van der Waals surface area contributed by atoms with Gasteiger partial charge in [-0.25, -0.2) is 0 Å². The van der Waals surface area contributed by atoms with Gasteiger partial charge in [-0.1, -0.05) is 32.9 Å². The fraction of sp³-hybridized carbons (Fsp3) is 0.684. The minimum absolute atomic E-state index is 0.172. The summed E-state index contributed by atoms with van der Waals surface area (Å²) in [6, 6.07) is 7.63. The standard InChI is InChI=1S/C19H29NO/c1-14(10-11-20-16-7-8-16)4-5-15-6-9-18-17(12-15)19(2,3)13-21-18/h6,9,12,14,16,20H,4-5,7-8,10-11,13H2,1-3H3. The fourth-order valence-electron chi connectivity index (χ4n) is 3.10. The van der Waals surface area contributed by atoms with Crippen LogP contribution in [0.3, 0.4) is 0 Å². The van der Waals surface area contributed by atoms with Crippen LogP contribution in [0.4, 0.5) is 0 Å². The maximum absolute atomic E-state index is 5.77. The van der Waals surface area contributed by atoms with E-state index in [4.69, 9.17) is 4.74 Å². The first-order chi connectivity index (χ1) is 10.0. The number of nitrogens with one attached hydrogen (secondary N) is 1. The van der Waals surface area contributed by atoms with E-state index in [1.165, 1.54) is 49.8 Å². The van der Waals surface area contributed by atoms with Crippen molar-refractivity contribution >= 4 is 0 Å². The van der Waals surface area contributed by atoms with Crippen molar-refractivity contribution in [1.29, 1.82) is 0 Å². The lowest BCUT2D eigenvalue weighted by Crippen LogP contribution is -2.19. The van der Waals surface area contributed by atoms with Gasteiger partial charge in [-0.2, -0.15) is 0 Å². The molecule has 1 N–H and O–H groups in total. The molecule has 0 radical (unpaired) electrons. The van der Waals surface area contributed by atoms with Crippen LogP contribution in [-0.4, -0.2) is 19.2 Å². The van der Waals surface area contributed by atoms with Crippen LogP contribution in [0.1, 0.15) is 57.6 Å². The Labute approximate surface area is 129 Å². The summed E-state index contributed by atoms with van der Waals surface area (Å²) >= 11 is 0. The van der Waals surface area contributed by atoms with Gasteiger partial charge in [-0.05, 0) is 56.2 Å². The van der Waals surface area contributed by atoms with E-state index in [-0.39, 0.29) is 5.41 Å². The first-order valence-electron chi connectivity index (χ1n) is 8.54. The van der Waals surface area contributed by atoms with Gasteiger partial charge in [0, 0.05) is 17.0 Å². The van der Waals surface area contributed by atoms with Crippen LogP contribution in [0.25, 0.3) is 0 Å². The summed E-state index contributed by atoms with van der Waals surface area (Å²) < 4.78 is 5.77. The van der Waals surface area contributed by atoms with Crippen molar-refractivity contribution in [3.05, 3.63) is 29.3 Å². The van der Waals surface area contributed by atoms with E-state index in [0.717, 1.165) is 24.3 Å². The third kappa shape index (κ3) is 3.79. The second-order valence-electron chi connectivity index (χ2n) is 7.66. The predicted octanol–water partition coefficient (Wildman–Crippen LogP) is 4.07. The number of rotatable bonds is 7. The van der Waals surface area contributed by atoms with E-state index in [2.05, 4.69) is 44.3 Å². The number of hydrogen-bond acceptors (Lipinski definition) is 2. The highest BCUT2D eigenvalue weighted by molar-refractivity contribution is 5.45. The monoisotopic (exact) mass is 287 g/mol. The van der Waals surface area contributed by atoms with Gasteiger partial charge in [0.25, 0.3) is 0 Å². The summed E-state index contributed by atoms with van der Waals surface area (Å²) in [6.45, 7) is 8.94. The molecule has 1 fully saturated rings. The van der Waals surface area contributed by atoms with Crippen LogP contribution in [0.2, 0.25) is 0 Å². The van der Waals surface area contributed by atoms with Gasteiger partial charge in [-0.15, -0.1) is 0 Å². The third-order valence-corrected chi connectivity index (χ3v) is 4.93. The summed E-state index contributed by atoms with van der Waals surface area (Å²) in [4.78, 5) is 0. The Morgan fingerprint density at radius 1 is 1.29 bits per heavy atom. The molecule has 1 atom stereocenters. The number of benzene rings is 1. The second kappa shape index (κ2) is 6.00. The summed E-state index contributed by atoms with van der Waals surface area (Å²) in [7, 11) is 0. The van der Waals surface area contributed by atoms with Crippen LogP contribution >= 0.6 is 0 Å². The van der Waals surface area contributed by atoms with Crippen molar-refractivity contribution in [3.63, 3.8) is 0 Å². The van der Waals surface area contributed by atoms with Crippen molar-refractivity contribution in [2.45, 2.75) is 64.3 Å². The molecule has 0 aromatic heterocycles. The molecule has 1 heterocycles. The van der Waals surface area contributed by atoms with Crippen LogP contribution < -0.4 is 10.1 Å². The van der Waals surface area contributed by atoms with Crippen LogP contribution in [0.5, 0.6) is 5.75 Å². The second-order valence-corrected chi connectivity index (χ2v) is 7.66. The van der Waals surface area contributed by atoms with E-state index in [9.17, 15) is 0 Å². The lowest BCUT2D eigenvalue weighted by Gasteiger charge is -2.16. The van der Waals surface area contributed by atoms with Crippen molar-refractivity contribution in [2.75, 3.05) is 13.2 Å². The van der Waals surface area contributed by atoms with E-state index in [1.54, 1.807) is 0 Å². The quantitative estimate of drug-likeness (QED) is 0.816. The average molecular weight is 287 g/mol. The zero-order chi connectivity index (χ0) is 14.9. The number of hydrogen-bond donors (Lipinski definition) is 1. The molecule has 1 aromatic rings. The maximum Gasteiger partial charge on any atom is 0.123 e. The maximum atomic E-state index is 5.77. The molecule has 0 bridgehead atoms. The molecule has 3 rings (SSSR count). The molecule has 2 heteroatoms. The Kier molecular flexibility index (Phi) is 4.26. The number of aryl methyl sites for hydroxylation is 1. The highest BCUT2D eigenvalue weighted by atomic mass is 16.5. The molecular formula is C19H29NO. The molecule has 2 aliphatic rings. The Morgan fingerprint density at radius 3 is 2.86 bits per heavy atom. The molecule has 21 heavy (non-hydrogen) atoms. The molecule has 1 aromatic carbocycles. The first-order valence-corrected chi connectivity index (χ1v) is 8.54. The molecule has 1 saturated carbocycles. The molecule has 0 spiro atoms. The summed E-state index contributed by atoms with van der Waals surface area (Å²) in [5.41, 5.74) is 3.03. The minimum Gasteiger partial charge on any atom is -0.492 e. The lowest BCUT2D eigenvalue weighted by molar-refractivity contribution is 0.291. The Bertz CT molecular complexity index is 490. The zero-order valence-electron chi connectivity index (χ0n) is 13.7. The molecule has 116 valence electrons. The predicted molar refractivity (Wildman–Crippen MR) is 88.1 cm³/mol. The number of ether oxygens (including phenoxy) is 1. The normalized spacial score (nSPS) is 20.9. The SMILES string of the molecule is CC(CCNC1CC1)CCc1ccc2c(c1)C(C)(C)CO2. The average Bonchev–Trinajstić information content (AvgIpc) is 3.22. The van der Waals surface area contributed by atoms with Gasteiger partial charge in [0.2, 0.25) is 0 Å². The van der Waals surface area contributed by atoms with Gasteiger partial charge < -0.3 is 10.1 Å². The largest absolute Gasteiger partial charge is 0.492 e. The molecule has 1 unspecified atom stereocenters. The molecule has 0 amide bonds. The van der Waals surface area contributed by atoms with E-state index in [0.29, 0.717) is 0 Å². The van der Waals surface area contributed by atoms with Gasteiger partial charge >= 0.3 is 0 Å². The van der Waals surface area contributed by atoms with Crippen molar-refractivity contribution < 1.29 is 4.74 Å². The summed E-state index contributed by atoms with van der Waals surface area (Å²) in [5, 5.41) is 3.61. The summed E-state index contributed by atoms with van der Waals surface area (Å²) in [5.74, 6) is 1.89. The molecule has 0 saturated heterocycles. The van der Waals surface area contributed by atoms with E-state index in [1.807, 2.05) is 0 Å². The molecular weight excluding hydrogens is 258 g/mol. The van der Waals surface area contributed by atoms with Gasteiger partial charge in [-0.3, -0.25) is 0 Å². The fourth-order valence-corrected chi connectivity index (χ4v) is 3.10. The van der Waals surface area contributed by atoms with Gasteiger partial charge in [0.05, 0.1) is 6.61 Å². The first kappa shape index (κ1) is 14.9. The van der Waals surface area contributed by atoms with E-state index >= 15 is 0 Å². The highest BCUT2D eigenvalue weighted by Crippen LogP contribution is 2.38. The third-order valence-electron chi connectivity index (χ3n) is 4.93. The van der Waals surface area contributed by atoms with Crippen LogP contribution in [0, 0.1) is 5.92 Å². The smallest absolute Gasteiger partial charge is 0.123 e. The lowest BCUT2D eigenvalue weighted by atomic mass is 9.85. The molecule has 1 aliphatic heterocycles. The molecule has 2 nitrogen and oxygen atoms in total. The van der Waals surface area contributed by atoms with Gasteiger partial charge in [0.15, 0.2) is 0 Å². The minimum atomic E-state index is 0.172. The summed E-state index contributed by atoms with van der Waals surface area (Å²) in [6.07, 6.45) is 6.55. The van der Waals surface area contributed by atoms with Crippen molar-refractivity contribution in [1.82, 2.24) is 5.32 Å². The van der Waals surface area contributed by atoms with E-state index < -0.39 is 0 Å². The van der Waals surface area contributed by atoms with Crippen LogP contribution in [0.15, 0.2) is 18.2 Å². The topological polar surface area (TPSA) is 21.3 Å². The van der Waals surface area contributed by atoms with Gasteiger partial charge in [0.1, 0.15) is 5.75 Å². The van der Waals surface area contributed by atoms with Crippen molar-refractivity contribution in [2.24, 2.45) is 5.92 Å². The Morgan fingerprint density at radius 2 is 2.10 bits per heavy atom. The number of fused-ring (bicyclic) bond motifs is 1. The molecule has 1 aliphatic carbocycles. The van der Waals surface area contributed by atoms with Crippen molar-refractivity contribution in [3.8, 4) is 5.75 Å². The Hall–Kier alpha value is -1.02. The Balaban J connectivity index is 1.48. The zero-order valence-corrected chi connectivity index (χ0v) is 13.7. The van der Waals surface area contributed by atoms with Crippen LogP contribution in [-0.2, 0) is 11.8 Å².